The summed E-state index contributed by atoms with van der Waals surface area (Å²) in [6.45, 7) is 1.70. The number of hydrogen-bond acceptors (Lipinski definition) is 5. The Hall–Kier alpha value is -3.74. The van der Waals surface area contributed by atoms with Gasteiger partial charge in [0.15, 0.2) is 6.10 Å². The molecule has 0 bridgehead atoms. The van der Waals surface area contributed by atoms with Crippen molar-refractivity contribution in [3.63, 3.8) is 0 Å². The zero-order chi connectivity index (χ0) is 18.6. The summed E-state index contributed by atoms with van der Waals surface area (Å²) in [6.07, 6.45) is 5.74. The van der Waals surface area contributed by atoms with Crippen LogP contribution in [0.2, 0.25) is 0 Å². The summed E-state index contributed by atoms with van der Waals surface area (Å²) in [4.78, 5) is 24.8. The standard InChI is InChI=1S/C20H17N5O2/c1-14(27-17-8-4-6-15-5-2-3-7-16(15)17)20(26)24-18-11-19(23-12-22-18)25-10-9-21-13-25/h2-14H,1H3,(H,22,23,24,26). The number of carbonyl (C=O) groups is 1. The second-order valence-electron chi connectivity index (χ2n) is 5.96. The minimum Gasteiger partial charge on any atom is -0.480 e. The fourth-order valence-corrected chi connectivity index (χ4v) is 2.72. The largest absolute Gasteiger partial charge is 0.480 e. The van der Waals surface area contributed by atoms with Crippen LogP contribution in [-0.4, -0.2) is 31.5 Å². The maximum absolute atomic E-state index is 12.5. The van der Waals surface area contributed by atoms with Gasteiger partial charge < -0.3 is 10.1 Å². The summed E-state index contributed by atoms with van der Waals surface area (Å²) in [5, 5.41) is 4.78. The molecule has 7 heteroatoms. The van der Waals surface area contributed by atoms with Crippen LogP contribution in [0.5, 0.6) is 5.75 Å². The number of fused-ring (bicyclic) bond motifs is 1. The van der Waals surface area contributed by atoms with E-state index in [9.17, 15) is 4.79 Å². The lowest BCUT2D eigenvalue weighted by Crippen LogP contribution is -2.30. The average Bonchev–Trinajstić information content (AvgIpc) is 3.23. The van der Waals surface area contributed by atoms with E-state index >= 15 is 0 Å². The summed E-state index contributed by atoms with van der Waals surface area (Å²) in [7, 11) is 0. The van der Waals surface area contributed by atoms with Crippen molar-refractivity contribution in [1.29, 1.82) is 0 Å². The van der Waals surface area contributed by atoms with Gasteiger partial charge in [-0.1, -0.05) is 36.4 Å². The summed E-state index contributed by atoms with van der Waals surface area (Å²) in [5.74, 6) is 1.38. The lowest BCUT2D eigenvalue weighted by molar-refractivity contribution is -0.122. The first-order valence-electron chi connectivity index (χ1n) is 8.46. The van der Waals surface area contributed by atoms with Gasteiger partial charge in [-0.15, -0.1) is 0 Å². The number of hydrogen-bond donors (Lipinski definition) is 1. The molecule has 2 aromatic heterocycles. The van der Waals surface area contributed by atoms with E-state index in [-0.39, 0.29) is 5.91 Å². The highest BCUT2D eigenvalue weighted by Crippen LogP contribution is 2.26. The monoisotopic (exact) mass is 359 g/mol. The molecule has 0 saturated carbocycles. The minimum atomic E-state index is -0.692. The average molecular weight is 359 g/mol. The summed E-state index contributed by atoms with van der Waals surface area (Å²) in [5.41, 5.74) is 0. The fourth-order valence-electron chi connectivity index (χ4n) is 2.72. The predicted molar refractivity (Wildman–Crippen MR) is 102 cm³/mol. The first-order valence-corrected chi connectivity index (χ1v) is 8.46. The van der Waals surface area contributed by atoms with Crippen LogP contribution in [-0.2, 0) is 4.79 Å². The second-order valence-corrected chi connectivity index (χ2v) is 5.96. The van der Waals surface area contributed by atoms with E-state index < -0.39 is 6.10 Å². The molecule has 7 nitrogen and oxygen atoms in total. The molecule has 1 unspecified atom stereocenters. The Kier molecular flexibility index (Phi) is 4.49. The molecule has 0 fully saturated rings. The Morgan fingerprint density at radius 3 is 2.85 bits per heavy atom. The van der Waals surface area contributed by atoms with Gasteiger partial charge in [-0.2, -0.15) is 0 Å². The molecule has 4 rings (SSSR count). The molecule has 134 valence electrons. The second kappa shape index (κ2) is 7.25. The van der Waals surface area contributed by atoms with Crippen LogP contribution in [0, 0.1) is 0 Å². The number of carbonyl (C=O) groups excluding carboxylic acids is 1. The van der Waals surface area contributed by atoms with Gasteiger partial charge >= 0.3 is 0 Å². The van der Waals surface area contributed by atoms with Gasteiger partial charge in [-0.05, 0) is 18.4 Å². The van der Waals surface area contributed by atoms with Crippen molar-refractivity contribution in [1.82, 2.24) is 19.5 Å². The Morgan fingerprint density at radius 1 is 1.15 bits per heavy atom. The van der Waals surface area contributed by atoms with Gasteiger partial charge in [0.05, 0.1) is 0 Å². The third-order valence-electron chi connectivity index (χ3n) is 4.10. The number of anilines is 1. The van der Waals surface area contributed by atoms with Gasteiger partial charge in [0.2, 0.25) is 0 Å². The smallest absolute Gasteiger partial charge is 0.266 e. The molecule has 1 atom stereocenters. The van der Waals surface area contributed by atoms with Crippen LogP contribution >= 0.6 is 0 Å². The van der Waals surface area contributed by atoms with Crippen LogP contribution < -0.4 is 10.1 Å². The van der Waals surface area contributed by atoms with Crippen molar-refractivity contribution < 1.29 is 9.53 Å². The van der Waals surface area contributed by atoms with Crippen LogP contribution in [0.25, 0.3) is 16.6 Å². The molecule has 0 saturated heterocycles. The number of benzene rings is 2. The highest BCUT2D eigenvalue weighted by Gasteiger charge is 2.17. The van der Waals surface area contributed by atoms with Crippen molar-refractivity contribution in [2.24, 2.45) is 0 Å². The Balaban J connectivity index is 1.49. The van der Waals surface area contributed by atoms with Crippen molar-refractivity contribution in [2.45, 2.75) is 13.0 Å². The first kappa shape index (κ1) is 16.7. The fraction of sp³-hybridized carbons (Fsp3) is 0.100. The van der Waals surface area contributed by atoms with Crippen LogP contribution in [0.15, 0.2) is 73.6 Å². The summed E-state index contributed by atoms with van der Waals surface area (Å²) < 4.78 is 7.62. The Bertz CT molecular complexity index is 1070. The molecule has 4 aromatic rings. The third-order valence-corrected chi connectivity index (χ3v) is 4.10. The van der Waals surface area contributed by atoms with Gasteiger partial charge in [0.1, 0.15) is 30.0 Å². The van der Waals surface area contributed by atoms with Crippen molar-refractivity contribution in [3.05, 3.63) is 73.6 Å². The number of aromatic nitrogens is 4. The van der Waals surface area contributed by atoms with Crippen LogP contribution in [0.3, 0.4) is 0 Å². The molecule has 0 aliphatic heterocycles. The molecular formula is C20H17N5O2. The van der Waals surface area contributed by atoms with Gasteiger partial charge in [0, 0.05) is 23.8 Å². The van der Waals surface area contributed by atoms with E-state index in [4.69, 9.17) is 4.74 Å². The minimum absolute atomic E-state index is 0.293. The van der Waals surface area contributed by atoms with E-state index in [1.54, 1.807) is 36.3 Å². The zero-order valence-corrected chi connectivity index (χ0v) is 14.6. The lowest BCUT2D eigenvalue weighted by Gasteiger charge is -2.16. The molecule has 0 aliphatic rings. The number of ether oxygens (including phenoxy) is 1. The van der Waals surface area contributed by atoms with E-state index in [0.717, 1.165) is 10.8 Å². The predicted octanol–water partition coefficient (Wildman–Crippen LogP) is 3.22. The van der Waals surface area contributed by atoms with Gasteiger partial charge in [0.25, 0.3) is 5.91 Å². The molecule has 2 aromatic carbocycles. The Labute approximate surface area is 155 Å². The number of nitrogens with one attached hydrogen (secondary N) is 1. The highest BCUT2D eigenvalue weighted by atomic mass is 16.5. The number of imidazole rings is 1. The first-order chi connectivity index (χ1) is 13.2. The van der Waals surface area contributed by atoms with E-state index in [0.29, 0.717) is 17.4 Å². The topological polar surface area (TPSA) is 81.9 Å². The maximum atomic E-state index is 12.5. The van der Waals surface area contributed by atoms with Gasteiger partial charge in [-0.25, -0.2) is 15.0 Å². The van der Waals surface area contributed by atoms with Crippen LogP contribution in [0.1, 0.15) is 6.92 Å². The van der Waals surface area contributed by atoms with Crippen molar-refractivity contribution in [3.8, 4) is 11.6 Å². The van der Waals surface area contributed by atoms with E-state index in [2.05, 4.69) is 20.3 Å². The van der Waals surface area contributed by atoms with Gasteiger partial charge in [-0.3, -0.25) is 9.36 Å². The quantitative estimate of drug-likeness (QED) is 0.592. The highest BCUT2D eigenvalue weighted by molar-refractivity contribution is 5.94. The van der Waals surface area contributed by atoms with E-state index in [1.807, 2.05) is 42.5 Å². The molecule has 1 N–H and O–H groups in total. The maximum Gasteiger partial charge on any atom is 0.266 e. The number of amides is 1. The molecule has 2 heterocycles. The number of nitrogens with zero attached hydrogens (tertiary/aromatic N) is 4. The molecule has 0 spiro atoms. The SMILES string of the molecule is CC(Oc1cccc2ccccc12)C(=O)Nc1cc(-n2ccnc2)ncn1. The van der Waals surface area contributed by atoms with Crippen LogP contribution in [0.4, 0.5) is 5.82 Å². The normalized spacial score (nSPS) is 11.9. The van der Waals surface area contributed by atoms with Crippen molar-refractivity contribution in [2.75, 3.05) is 5.32 Å². The molecule has 0 radical (unpaired) electrons. The van der Waals surface area contributed by atoms with Crippen molar-refractivity contribution >= 4 is 22.5 Å². The molecular weight excluding hydrogens is 342 g/mol. The van der Waals surface area contributed by atoms with E-state index in [1.165, 1.54) is 6.33 Å². The number of rotatable bonds is 5. The molecule has 27 heavy (non-hydrogen) atoms. The Morgan fingerprint density at radius 2 is 2.00 bits per heavy atom. The third kappa shape index (κ3) is 3.62. The summed E-state index contributed by atoms with van der Waals surface area (Å²) in [6, 6.07) is 15.3. The molecule has 1 amide bonds. The lowest BCUT2D eigenvalue weighted by atomic mass is 10.1. The zero-order valence-electron chi connectivity index (χ0n) is 14.6. The molecule has 0 aliphatic carbocycles. The summed E-state index contributed by atoms with van der Waals surface area (Å²) >= 11 is 0.